The van der Waals surface area contributed by atoms with Gasteiger partial charge in [0.25, 0.3) is 0 Å². The third-order valence-electron chi connectivity index (χ3n) is 3.64. The first-order valence-corrected chi connectivity index (χ1v) is 9.55. The third kappa shape index (κ3) is 3.05. The van der Waals surface area contributed by atoms with Crippen LogP contribution in [-0.2, 0) is 9.09 Å². The molecule has 0 fully saturated rings. The molecule has 0 aliphatic heterocycles. The van der Waals surface area contributed by atoms with Crippen molar-refractivity contribution in [3.63, 3.8) is 0 Å². The van der Waals surface area contributed by atoms with E-state index in [0.717, 1.165) is 5.56 Å². The first kappa shape index (κ1) is 16.5. The Morgan fingerprint density at radius 1 is 1.17 bits per heavy atom. The van der Waals surface area contributed by atoms with Gasteiger partial charge in [0.1, 0.15) is 5.52 Å². The average Bonchev–Trinajstić information content (AvgIpc) is 2.99. The van der Waals surface area contributed by atoms with Crippen molar-refractivity contribution in [3.8, 4) is 11.5 Å². The number of hydrogen-bond acceptors (Lipinski definition) is 4. The monoisotopic (exact) mass is 369 g/mol. The molecule has 3 aromatic rings. The van der Waals surface area contributed by atoms with E-state index < -0.39 is 7.37 Å². The minimum atomic E-state index is -2.84. The van der Waals surface area contributed by atoms with Crippen molar-refractivity contribution in [2.75, 3.05) is 13.3 Å². The highest BCUT2D eigenvalue weighted by Crippen LogP contribution is 2.44. The van der Waals surface area contributed by atoms with E-state index in [1.54, 1.807) is 36.4 Å². The molecule has 2 aromatic carbocycles. The maximum Gasteiger partial charge on any atom is 0.231 e. The summed E-state index contributed by atoms with van der Waals surface area (Å²) in [6.45, 7) is 1.83. The fraction of sp³-hybridized carbons (Fsp3) is 0.188. The van der Waals surface area contributed by atoms with Crippen molar-refractivity contribution in [3.05, 3.63) is 46.4 Å². The van der Waals surface area contributed by atoms with Gasteiger partial charge in [-0.25, -0.2) is 4.98 Å². The van der Waals surface area contributed by atoms with E-state index in [-0.39, 0.29) is 0 Å². The highest BCUT2D eigenvalue weighted by molar-refractivity contribution is 7.66. The van der Waals surface area contributed by atoms with Gasteiger partial charge in [0.2, 0.25) is 13.3 Å². The maximum atomic E-state index is 12.6. The first-order chi connectivity index (χ1) is 11.0. The molecule has 120 valence electrons. The van der Waals surface area contributed by atoms with E-state index >= 15 is 0 Å². The molecule has 4 nitrogen and oxygen atoms in total. The van der Waals surface area contributed by atoms with E-state index in [1.165, 1.54) is 7.11 Å². The summed E-state index contributed by atoms with van der Waals surface area (Å²) in [5, 5.41) is 1.53. The SMILES string of the molecule is CCP(=O)(OC)c1ccc2oc(-c3ccc(Cl)c(Cl)c3)nc2c1. The Bertz CT molecular complexity index is 915. The first-order valence-electron chi connectivity index (χ1n) is 6.98. The summed E-state index contributed by atoms with van der Waals surface area (Å²) in [5.41, 5.74) is 1.95. The van der Waals surface area contributed by atoms with Gasteiger partial charge in [0, 0.05) is 24.1 Å². The highest BCUT2D eigenvalue weighted by Gasteiger charge is 2.23. The lowest BCUT2D eigenvalue weighted by molar-refractivity contribution is 0.404. The van der Waals surface area contributed by atoms with Gasteiger partial charge in [-0.05, 0) is 36.4 Å². The number of aromatic nitrogens is 1. The molecule has 0 amide bonds. The predicted octanol–water partition coefficient (Wildman–Crippen LogP) is 5.37. The van der Waals surface area contributed by atoms with Gasteiger partial charge in [0.05, 0.1) is 10.0 Å². The second-order valence-electron chi connectivity index (χ2n) is 4.97. The summed E-state index contributed by atoms with van der Waals surface area (Å²) >= 11 is 12.0. The molecule has 0 aliphatic carbocycles. The number of oxazole rings is 1. The Morgan fingerprint density at radius 2 is 1.96 bits per heavy atom. The van der Waals surface area contributed by atoms with Crippen LogP contribution in [0.5, 0.6) is 0 Å². The number of fused-ring (bicyclic) bond motifs is 1. The summed E-state index contributed by atoms with van der Waals surface area (Å²) in [5.74, 6) is 0.430. The summed E-state index contributed by atoms with van der Waals surface area (Å²) in [4.78, 5) is 4.45. The van der Waals surface area contributed by atoms with Gasteiger partial charge in [0.15, 0.2) is 5.58 Å². The number of rotatable bonds is 4. The molecule has 1 atom stereocenters. The minimum absolute atomic E-state index is 0.423. The summed E-state index contributed by atoms with van der Waals surface area (Å²) in [6.07, 6.45) is 0.423. The van der Waals surface area contributed by atoms with Gasteiger partial charge in [-0.3, -0.25) is 4.57 Å². The van der Waals surface area contributed by atoms with Crippen molar-refractivity contribution in [2.24, 2.45) is 0 Å². The Hall–Kier alpha value is -1.32. The molecule has 1 heterocycles. The molecule has 0 saturated carbocycles. The maximum absolute atomic E-state index is 12.6. The Kier molecular flexibility index (Phi) is 4.52. The van der Waals surface area contributed by atoms with Gasteiger partial charge < -0.3 is 8.94 Å². The number of halogens is 2. The van der Waals surface area contributed by atoms with Crippen molar-refractivity contribution in [1.29, 1.82) is 0 Å². The summed E-state index contributed by atoms with van der Waals surface area (Å²) < 4.78 is 23.6. The molecule has 0 radical (unpaired) electrons. The largest absolute Gasteiger partial charge is 0.436 e. The zero-order valence-corrected chi connectivity index (χ0v) is 15.0. The lowest BCUT2D eigenvalue weighted by Crippen LogP contribution is -2.07. The lowest BCUT2D eigenvalue weighted by atomic mass is 10.2. The molecule has 23 heavy (non-hydrogen) atoms. The molecule has 7 heteroatoms. The number of benzene rings is 2. The van der Waals surface area contributed by atoms with Crippen LogP contribution < -0.4 is 5.30 Å². The summed E-state index contributed by atoms with van der Waals surface area (Å²) in [6, 6.07) is 10.4. The molecule has 0 bridgehead atoms. The molecule has 1 unspecified atom stereocenters. The fourth-order valence-electron chi connectivity index (χ4n) is 2.30. The third-order valence-corrected chi connectivity index (χ3v) is 6.87. The van der Waals surface area contributed by atoms with E-state index in [9.17, 15) is 4.57 Å². The van der Waals surface area contributed by atoms with E-state index in [1.807, 2.05) is 6.92 Å². The Balaban J connectivity index is 2.09. The standard InChI is InChI=1S/C16H14Cl2NO3P/c1-3-23(20,21-2)11-5-7-15-14(9-11)19-16(22-15)10-4-6-12(17)13(18)8-10/h4-9H,3H2,1-2H3. The average molecular weight is 370 g/mol. The zero-order valence-electron chi connectivity index (χ0n) is 12.5. The Morgan fingerprint density at radius 3 is 2.61 bits per heavy atom. The van der Waals surface area contributed by atoms with Crippen molar-refractivity contribution in [1.82, 2.24) is 4.98 Å². The molecule has 1 aromatic heterocycles. The van der Waals surface area contributed by atoms with Crippen LogP contribution in [0.25, 0.3) is 22.6 Å². The fourth-order valence-corrected chi connectivity index (χ4v) is 4.05. The van der Waals surface area contributed by atoms with Crippen LogP contribution in [0.1, 0.15) is 6.92 Å². The topological polar surface area (TPSA) is 52.3 Å². The minimum Gasteiger partial charge on any atom is -0.436 e. The van der Waals surface area contributed by atoms with E-state index in [0.29, 0.717) is 38.5 Å². The second kappa shape index (κ2) is 6.29. The van der Waals surface area contributed by atoms with Crippen LogP contribution in [0.15, 0.2) is 40.8 Å². The van der Waals surface area contributed by atoms with E-state index in [2.05, 4.69) is 4.98 Å². The lowest BCUT2D eigenvalue weighted by Gasteiger charge is -2.13. The number of nitrogens with zero attached hydrogens (tertiary/aromatic N) is 1. The van der Waals surface area contributed by atoms with Crippen LogP contribution in [0.4, 0.5) is 0 Å². The summed E-state index contributed by atoms with van der Waals surface area (Å²) in [7, 11) is -1.38. The van der Waals surface area contributed by atoms with Crippen molar-refractivity contribution in [2.45, 2.75) is 6.92 Å². The predicted molar refractivity (Wildman–Crippen MR) is 94.3 cm³/mol. The molecule has 0 spiro atoms. The van der Waals surface area contributed by atoms with Gasteiger partial charge in [-0.15, -0.1) is 0 Å². The normalized spacial score (nSPS) is 14.1. The zero-order chi connectivity index (χ0) is 16.6. The molecule has 0 aliphatic rings. The van der Waals surface area contributed by atoms with Crippen LogP contribution in [0, 0.1) is 0 Å². The van der Waals surface area contributed by atoms with Crippen LogP contribution >= 0.6 is 30.6 Å². The molecule has 0 saturated heterocycles. The number of hydrogen-bond donors (Lipinski definition) is 0. The molecular weight excluding hydrogens is 356 g/mol. The van der Waals surface area contributed by atoms with Gasteiger partial charge in [-0.1, -0.05) is 30.1 Å². The van der Waals surface area contributed by atoms with Crippen LogP contribution in [-0.4, -0.2) is 18.3 Å². The molecular formula is C16H14Cl2NO3P. The van der Waals surface area contributed by atoms with Crippen molar-refractivity contribution < 1.29 is 13.5 Å². The van der Waals surface area contributed by atoms with Crippen LogP contribution in [0.3, 0.4) is 0 Å². The van der Waals surface area contributed by atoms with Gasteiger partial charge in [-0.2, -0.15) is 0 Å². The quantitative estimate of drug-likeness (QED) is 0.580. The van der Waals surface area contributed by atoms with Gasteiger partial charge >= 0.3 is 0 Å². The highest BCUT2D eigenvalue weighted by atomic mass is 35.5. The van der Waals surface area contributed by atoms with Crippen molar-refractivity contribution >= 4 is 47.0 Å². The Labute approximate surface area is 143 Å². The molecule has 3 rings (SSSR count). The van der Waals surface area contributed by atoms with Crippen LogP contribution in [0.2, 0.25) is 10.0 Å². The smallest absolute Gasteiger partial charge is 0.231 e. The van der Waals surface area contributed by atoms with E-state index in [4.69, 9.17) is 32.1 Å². The second-order valence-corrected chi connectivity index (χ2v) is 8.65. The molecule has 0 N–H and O–H groups in total.